The SMILES string of the molecule is CC(O)CCCNC(=O)C1(C(F)(F)F)CCNC1. The molecule has 0 saturated carbocycles. The number of nitrogens with one attached hydrogen (secondary N) is 2. The molecule has 0 aromatic rings. The highest BCUT2D eigenvalue weighted by Crippen LogP contribution is 2.43. The molecule has 1 amide bonds. The quantitative estimate of drug-likeness (QED) is 0.647. The van der Waals surface area contributed by atoms with Gasteiger partial charge in [-0.1, -0.05) is 0 Å². The lowest BCUT2D eigenvalue weighted by molar-refractivity contribution is -0.216. The number of amides is 1. The molecule has 0 aliphatic carbocycles. The van der Waals surface area contributed by atoms with Gasteiger partial charge in [0.05, 0.1) is 6.10 Å². The molecule has 0 bridgehead atoms. The summed E-state index contributed by atoms with van der Waals surface area (Å²) in [5.41, 5.74) is -2.29. The molecule has 1 rings (SSSR count). The molecular weight excluding hydrogens is 249 g/mol. The molecule has 3 N–H and O–H groups in total. The molecule has 7 heteroatoms. The lowest BCUT2D eigenvalue weighted by Gasteiger charge is -2.29. The molecule has 1 fully saturated rings. The third kappa shape index (κ3) is 3.35. The number of alkyl halides is 3. The van der Waals surface area contributed by atoms with Crippen molar-refractivity contribution in [2.75, 3.05) is 19.6 Å². The Morgan fingerprint density at radius 1 is 1.56 bits per heavy atom. The molecule has 2 atom stereocenters. The maximum absolute atomic E-state index is 13.0. The summed E-state index contributed by atoms with van der Waals surface area (Å²) in [6.45, 7) is 1.58. The molecule has 4 nitrogen and oxygen atoms in total. The van der Waals surface area contributed by atoms with Crippen LogP contribution in [0.2, 0.25) is 0 Å². The normalized spacial score (nSPS) is 26.1. The summed E-state index contributed by atoms with van der Waals surface area (Å²) in [5.74, 6) is -0.967. The van der Waals surface area contributed by atoms with E-state index in [2.05, 4.69) is 10.6 Å². The Morgan fingerprint density at radius 3 is 2.67 bits per heavy atom. The van der Waals surface area contributed by atoms with E-state index in [0.29, 0.717) is 12.8 Å². The highest BCUT2D eigenvalue weighted by Gasteiger charge is 2.61. The monoisotopic (exact) mass is 268 g/mol. The minimum absolute atomic E-state index is 0.154. The number of aliphatic hydroxyl groups is 1. The molecule has 1 heterocycles. The van der Waals surface area contributed by atoms with E-state index < -0.39 is 23.6 Å². The van der Waals surface area contributed by atoms with Crippen molar-refractivity contribution >= 4 is 5.91 Å². The second-order valence-corrected chi connectivity index (χ2v) is 4.75. The summed E-state index contributed by atoms with van der Waals surface area (Å²) in [6.07, 6.45) is -4.35. The number of rotatable bonds is 5. The van der Waals surface area contributed by atoms with Crippen molar-refractivity contribution in [3.05, 3.63) is 0 Å². The molecular formula is C11H19F3N2O2. The summed E-state index contributed by atoms with van der Waals surface area (Å²) >= 11 is 0. The summed E-state index contributed by atoms with van der Waals surface area (Å²) in [4.78, 5) is 11.7. The van der Waals surface area contributed by atoms with Gasteiger partial charge in [0.25, 0.3) is 0 Å². The van der Waals surface area contributed by atoms with Crippen molar-refractivity contribution in [3.63, 3.8) is 0 Å². The highest BCUT2D eigenvalue weighted by atomic mass is 19.4. The fourth-order valence-electron chi connectivity index (χ4n) is 2.03. The molecule has 1 saturated heterocycles. The number of halogens is 3. The van der Waals surface area contributed by atoms with Gasteiger partial charge in [0, 0.05) is 13.1 Å². The smallest absolute Gasteiger partial charge is 0.393 e. The van der Waals surface area contributed by atoms with E-state index in [-0.39, 0.29) is 26.1 Å². The highest BCUT2D eigenvalue weighted by molar-refractivity contribution is 5.84. The molecule has 1 aliphatic rings. The van der Waals surface area contributed by atoms with Gasteiger partial charge in [-0.25, -0.2) is 0 Å². The molecule has 18 heavy (non-hydrogen) atoms. The molecule has 0 aromatic heterocycles. The summed E-state index contributed by atoms with van der Waals surface area (Å²) < 4.78 is 38.9. The standard InChI is InChI=1S/C11H19F3N2O2/c1-8(17)3-2-5-16-9(18)10(11(12,13)14)4-6-15-7-10/h8,15,17H,2-7H2,1H3,(H,16,18). The molecule has 0 spiro atoms. The first-order chi connectivity index (χ1) is 8.29. The maximum atomic E-state index is 13.0. The summed E-state index contributed by atoms with van der Waals surface area (Å²) in [5, 5.41) is 13.9. The van der Waals surface area contributed by atoms with Gasteiger partial charge >= 0.3 is 6.18 Å². The van der Waals surface area contributed by atoms with E-state index in [9.17, 15) is 18.0 Å². The van der Waals surface area contributed by atoms with Crippen LogP contribution in [0.1, 0.15) is 26.2 Å². The van der Waals surface area contributed by atoms with Gasteiger partial charge in [-0.15, -0.1) is 0 Å². The predicted molar refractivity (Wildman–Crippen MR) is 59.9 cm³/mol. The van der Waals surface area contributed by atoms with Crippen molar-refractivity contribution in [2.24, 2.45) is 5.41 Å². The van der Waals surface area contributed by atoms with Gasteiger partial charge in [0.1, 0.15) is 0 Å². The second kappa shape index (κ2) is 5.88. The number of aliphatic hydroxyl groups excluding tert-OH is 1. The topological polar surface area (TPSA) is 61.4 Å². The zero-order chi connectivity index (χ0) is 13.8. The summed E-state index contributed by atoms with van der Waals surface area (Å²) in [7, 11) is 0. The van der Waals surface area contributed by atoms with E-state index in [1.807, 2.05) is 0 Å². The lowest BCUT2D eigenvalue weighted by atomic mass is 9.85. The Balaban J connectivity index is 2.52. The average molecular weight is 268 g/mol. The van der Waals surface area contributed by atoms with Crippen molar-refractivity contribution in [1.82, 2.24) is 10.6 Å². The Hall–Kier alpha value is -0.820. The maximum Gasteiger partial charge on any atom is 0.404 e. The third-order valence-electron chi connectivity index (χ3n) is 3.22. The van der Waals surface area contributed by atoms with Gasteiger partial charge in [0.15, 0.2) is 5.41 Å². The van der Waals surface area contributed by atoms with Crippen molar-refractivity contribution in [1.29, 1.82) is 0 Å². The van der Waals surface area contributed by atoms with Crippen LogP contribution in [0.3, 0.4) is 0 Å². The van der Waals surface area contributed by atoms with Crippen LogP contribution in [0.25, 0.3) is 0 Å². The first-order valence-corrected chi connectivity index (χ1v) is 6.03. The van der Waals surface area contributed by atoms with E-state index in [1.165, 1.54) is 0 Å². The van der Waals surface area contributed by atoms with Gasteiger partial charge in [-0.05, 0) is 32.7 Å². The van der Waals surface area contributed by atoms with E-state index >= 15 is 0 Å². The summed E-state index contributed by atoms with van der Waals surface area (Å²) in [6, 6.07) is 0. The van der Waals surface area contributed by atoms with Gasteiger partial charge in [-0.3, -0.25) is 4.79 Å². The van der Waals surface area contributed by atoms with Crippen LogP contribution in [-0.2, 0) is 4.79 Å². The predicted octanol–water partition coefficient (Wildman–Crippen LogP) is 0.806. The Morgan fingerprint density at radius 2 is 2.22 bits per heavy atom. The largest absolute Gasteiger partial charge is 0.404 e. The van der Waals surface area contributed by atoms with Crippen molar-refractivity contribution in [3.8, 4) is 0 Å². The molecule has 106 valence electrons. The van der Waals surface area contributed by atoms with Gasteiger partial charge in [-0.2, -0.15) is 13.2 Å². The van der Waals surface area contributed by atoms with Crippen LogP contribution in [0.15, 0.2) is 0 Å². The van der Waals surface area contributed by atoms with Crippen LogP contribution in [-0.4, -0.2) is 42.9 Å². The van der Waals surface area contributed by atoms with Gasteiger partial charge < -0.3 is 15.7 Å². The van der Waals surface area contributed by atoms with Crippen LogP contribution < -0.4 is 10.6 Å². The minimum atomic E-state index is -4.54. The number of hydrogen-bond donors (Lipinski definition) is 3. The lowest BCUT2D eigenvalue weighted by Crippen LogP contribution is -2.52. The number of carbonyl (C=O) groups is 1. The third-order valence-corrected chi connectivity index (χ3v) is 3.22. The van der Waals surface area contributed by atoms with Crippen LogP contribution in [0, 0.1) is 5.41 Å². The fourth-order valence-corrected chi connectivity index (χ4v) is 2.03. The minimum Gasteiger partial charge on any atom is -0.393 e. The van der Waals surface area contributed by atoms with Crippen molar-refractivity contribution in [2.45, 2.75) is 38.5 Å². The molecule has 2 unspecified atom stereocenters. The van der Waals surface area contributed by atoms with E-state index in [4.69, 9.17) is 5.11 Å². The Labute approximate surface area is 104 Å². The average Bonchev–Trinajstić information content (AvgIpc) is 2.73. The first kappa shape index (κ1) is 15.2. The van der Waals surface area contributed by atoms with Crippen LogP contribution in [0.4, 0.5) is 13.2 Å². The molecule has 0 radical (unpaired) electrons. The Kier molecular flexibility index (Phi) is 4.98. The van der Waals surface area contributed by atoms with Crippen molar-refractivity contribution < 1.29 is 23.1 Å². The second-order valence-electron chi connectivity index (χ2n) is 4.75. The zero-order valence-corrected chi connectivity index (χ0v) is 10.3. The fraction of sp³-hybridized carbons (Fsp3) is 0.909. The number of hydrogen-bond acceptors (Lipinski definition) is 3. The Bertz CT molecular complexity index is 287. The molecule has 1 aliphatic heterocycles. The van der Waals surface area contributed by atoms with E-state index in [0.717, 1.165) is 0 Å². The van der Waals surface area contributed by atoms with E-state index in [1.54, 1.807) is 6.92 Å². The van der Waals surface area contributed by atoms with Crippen LogP contribution in [0.5, 0.6) is 0 Å². The van der Waals surface area contributed by atoms with Crippen LogP contribution >= 0.6 is 0 Å². The first-order valence-electron chi connectivity index (χ1n) is 6.03. The zero-order valence-electron chi connectivity index (χ0n) is 10.3. The van der Waals surface area contributed by atoms with Gasteiger partial charge in [0.2, 0.25) is 5.91 Å². The number of carbonyl (C=O) groups excluding carboxylic acids is 1. The molecule has 0 aromatic carbocycles.